The number of pyridine rings is 1. The lowest BCUT2D eigenvalue weighted by Gasteiger charge is -2.18. The Bertz CT molecular complexity index is 584. The fraction of sp³-hybridized carbons (Fsp3) is 0.400. The van der Waals surface area contributed by atoms with Crippen molar-refractivity contribution in [2.24, 2.45) is 0 Å². The van der Waals surface area contributed by atoms with Crippen molar-refractivity contribution < 1.29 is 4.79 Å². The molecular formula is C15H20N4OS. The van der Waals surface area contributed by atoms with E-state index in [1.807, 2.05) is 38.3 Å². The Labute approximate surface area is 128 Å². The van der Waals surface area contributed by atoms with E-state index in [0.29, 0.717) is 0 Å². The van der Waals surface area contributed by atoms with Gasteiger partial charge in [0.05, 0.1) is 12.1 Å². The van der Waals surface area contributed by atoms with Gasteiger partial charge in [0.15, 0.2) is 0 Å². The number of amides is 2. The van der Waals surface area contributed by atoms with Crippen LogP contribution in [0.4, 0.5) is 4.79 Å². The molecule has 6 heteroatoms. The fourth-order valence-electron chi connectivity index (χ4n) is 2.00. The van der Waals surface area contributed by atoms with Crippen LogP contribution in [0.5, 0.6) is 0 Å². The second kappa shape index (κ2) is 7.17. The summed E-state index contributed by atoms with van der Waals surface area (Å²) in [6, 6.07) is 3.50. The van der Waals surface area contributed by atoms with Crippen molar-refractivity contribution in [3.8, 4) is 0 Å². The van der Waals surface area contributed by atoms with E-state index in [0.717, 1.165) is 22.7 Å². The van der Waals surface area contributed by atoms with E-state index in [9.17, 15) is 4.79 Å². The zero-order valence-corrected chi connectivity index (χ0v) is 13.3. The summed E-state index contributed by atoms with van der Waals surface area (Å²) in [4.78, 5) is 20.5. The van der Waals surface area contributed by atoms with Crippen molar-refractivity contribution in [3.63, 3.8) is 0 Å². The Morgan fingerprint density at radius 2 is 2.05 bits per heavy atom. The number of aryl methyl sites for hydroxylation is 1. The van der Waals surface area contributed by atoms with Gasteiger partial charge in [-0.1, -0.05) is 6.92 Å². The van der Waals surface area contributed by atoms with Crippen LogP contribution in [-0.4, -0.2) is 16.0 Å². The van der Waals surface area contributed by atoms with Gasteiger partial charge in [0, 0.05) is 23.5 Å². The third kappa shape index (κ3) is 4.26. The number of nitrogens with zero attached hydrogens (tertiary/aromatic N) is 2. The number of thiazole rings is 1. The van der Waals surface area contributed by atoms with E-state index < -0.39 is 0 Å². The quantitative estimate of drug-likeness (QED) is 0.890. The summed E-state index contributed by atoms with van der Waals surface area (Å²) in [5, 5.41) is 8.86. The molecule has 2 atom stereocenters. The van der Waals surface area contributed by atoms with Crippen molar-refractivity contribution in [1.82, 2.24) is 20.6 Å². The van der Waals surface area contributed by atoms with Crippen LogP contribution in [0, 0.1) is 6.92 Å². The maximum atomic E-state index is 12.1. The van der Waals surface area contributed by atoms with Crippen molar-refractivity contribution in [2.45, 2.75) is 39.3 Å². The Hall–Kier alpha value is -1.95. The van der Waals surface area contributed by atoms with Gasteiger partial charge < -0.3 is 10.6 Å². The van der Waals surface area contributed by atoms with Crippen LogP contribution >= 0.6 is 11.3 Å². The van der Waals surface area contributed by atoms with Crippen LogP contribution in [0.1, 0.15) is 48.6 Å². The lowest BCUT2D eigenvalue weighted by atomic mass is 10.1. The molecule has 0 aliphatic heterocycles. The average molecular weight is 304 g/mol. The molecule has 2 aromatic rings. The second-order valence-corrected chi connectivity index (χ2v) is 5.80. The summed E-state index contributed by atoms with van der Waals surface area (Å²) >= 11 is 1.58. The van der Waals surface area contributed by atoms with E-state index in [-0.39, 0.29) is 18.1 Å². The van der Waals surface area contributed by atoms with E-state index >= 15 is 0 Å². The van der Waals surface area contributed by atoms with Crippen molar-refractivity contribution in [1.29, 1.82) is 0 Å². The molecule has 112 valence electrons. The topological polar surface area (TPSA) is 66.9 Å². The molecule has 0 aliphatic rings. The smallest absolute Gasteiger partial charge is 0.315 e. The molecule has 0 bridgehead atoms. The Balaban J connectivity index is 1.94. The summed E-state index contributed by atoms with van der Waals surface area (Å²) in [6.07, 6.45) is 4.25. The number of carbonyl (C=O) groups excluding carboxylic acids is 1. The minimum atomic E-state index is -0.181. The van der Waals surface area contributed by atoms with E-state index in [1.54, 1.807) is 23.7 Å². The Morgan fingerprint density at radius 1 is 1.33 bits per heavy atom. The van der Waals surface area contributed by atoms with Gasteiger partial charge in [-0.3, -0.25) is 4.98 Å². The van der Waals surface area contributed by atoms with Crippen LogP contribution in [0.15, 0.2) is 29.9 Å². The van der Waals surface area contributed by atoms with Gasteiger partial charge in [-0.2, -0.15) is 0 Å². The van der Waals surface area contributed by atoms with Gasteiger partial charge in [0.25, 0.3) is 0 Å². The minimum Gasteiger partial charge on any atom is -0.332 e. The van der Waals surface area contributed by atoms with Crippen molar-refractivity contribution in [3.05, 3.63) is 46.2 Å². The lowest BCUT2D eigenvalue weighted by molar-refractivity contribution is 0.233. The predicted octanol–water partition coefficient (Wildman–Crippen LogP) is 3.36. The fourth-order valence-corrected chi connectivity index (χ4v) is 2.93. The monoisotopic (exact) mass is 304 g/mol. The number of rotatable bonds is 5. The third-order valence-corrected chi connectivity index (χ3v) is 4.28. The molecule has 5 nitrogen and oxygen atoms in total. The molecule has 0 radical (unpaired) electrons. The number of hydrogen-bond acceptors (Lipinski definition) is 4. The highest BCUT2D eigenvalue weighted by Crippen LogP contribution is 2.20. The van der Waals surface area contributed by atoms with Gasteiger partial charge in [-0.15, -0.1) is 11.3 Å². The molecule has 21 heavy (non-hydrogen) atoms. The number of carbonyl (C=O) groups is 1. The molecule has 2 aromatic heterocycles. The normalized spacial score (nSPS) is 13.5. The van der Waals surface area contributed by atoms with Crippen molar-refractivity contribution >= 4 is 17.4 Å². The first-order chi connectivity index (χ1) is 10.1. The van der Waals surface area contributed by atoms with Crippen LogP contribution < -0.4 is 10.6 Å². The first kappa shape index (κ1) is 15.4. The van der Waals surface area contributed by atoms with Crippen molar-refractivity contribution in [2.75, 3.05) is 0 Å². The number of aromatic nitrogens is 2. The zero-order valence-electron chi connectivity index (χ0n) is 12.5. The highest BCUT2D eigenvalue weighted by molar-refractivity contribution is 7.09. The second-order valence-electron chi connectivity index (χ2n) is 4.91. The maximum Gasteiger partial charge on any atom is 0.315 e. The molecule has 2 amide bonds. The molecule has 0 spiro atoms. The third-order valence-electron chi connectivity index (χ3n) is 3.20. The highest BCUT2D eigenvalue weighted by atomic mass is 32.1. The first-order valence-electron chi connectivity index (χ1n) is 6.99. The predicted molar refractivity (Wildman–Crippen MR) is 84.2 cm³/mol. The number of nitrogens with one attached hydrogen (secondary N) is 2. The summed E-state index contributed by atoms with van der Waals surface area (Å²) in [6.45, 7) is 5.94. The average Bonchev–Trinajstić information content (AvgIpc) is 2.92. The summed E-state index contributed by atoms with van der Waals surface area (Å²) < 4.78 is 0. The molecule has 0 saturated carbocycles. The molecule has 2 N–H and O–H groups in total. The molecule has 0 saturated heterocycles. The van der Waals surface area contributed by atoms with E-state index in [2.05, 4.69) is 20.6 Å². The largest absolute Gasteiger partial charge is 0.332 e. The molecule has 0 aromatic carbocycles. The first-order valence-corrected chi connectivity index (χ1v) is 7.87. The Kier molecular flexibility index (Phi) is 5.27. The van der Waals surface area contributed by atoms with Gasteiger partial charge in [-0.05, 0) is 38.0 Å². The SMILES string of the molecule is CC[C@H](NC(=O)N[C@H](C)c1ccncc1)c1nc(C)cs1. The van der Waals surface area contributed by atoms with E-state index in [4.69, 9.17) is 0 Å². The van der Waals surface area contributed by atoms with Gasteiger partial charge >= 0.3 is 6.03 Å². The molecule has 0 unspecified atom stereocenters. The van der Waals surface area contributed by atoms with Crippen LogP contribution in [0.3, 0.4) is 0 Å². The summed E-state index contributed by atoms with van der Waals surface area (Å²) in [5.41, 5.74) is 2.01. The molecule has 0 fully saturated rings. The standard InChI is InChI=1S/C15H20N4OS/c1-4-13(14-17-10(2)9-21-14)19-15(20)18-11(3)12-5-7-16-8-6-12/h5-9,11,13H,4H2,1-3H3,(H2,18,19,20)/t11-,13+/m1/s1. The molecule has 2 rings (SSSR count). The van der Waals surface area contributed by atoms with Gasteiger partial charge in [-0.25, -0.2) is 9.78 Å². The summed E-state index contributed by atoms with van der Waals surface area (Å²) in [7, 11) is 0. The molecule has 0 aliphatic carbocycles. The van der Waals surface area contributed by atoms with Gasteiger partial charge in [0.1, 0.15) is 5.01 Å². The maximum absolute atomic E-state index is 12.1. The number of urea groups is 1. The van der Waals surface area contributed by atoms with Crippen LogP contribution in [0.2, 0.25) is 0 Å². The molecular weight excluding hydrogens is 284 g/mol. The zero-order chi connectivity index (χ0) is 15.2. The van der Waals surface area contributed by atoms with Crippen LogP contribution in [-0.2, 0) is 0 Å². The van der Waals surface area contributed by atoms with E-state index in [1.165, 1.54) is 0 Å². The lowest BCUT2D eigenvalue weighted by Crippen LogP contribution is -2.39. The summed E-state index contributed by atoms with van der Waals surface area (Å²) in [5.74, 6) is 0. The molecule has 2 heterocycles. The highest BCUT2D eigenvalue weighted by Gasteiger charge is 2.17. The van der Waals surface area contributed by atoms with Crippen LogP contribution in [0.25, 0.3) is 0 Å². The van der Waals surface area contributed by atoms with Gasteiger partial charge in [0.2, 0.25) is 0 Å². The number of hydrogen-bond donors (Lipinski definition) is 2. The minimum absolute atomic E-state index is 0.0478. The Morgan fingerprint density at radius 3 is 2.62 bits per heavy atom.